The van der Waals surface area contributed by atoms with E-state index in [4.69, 9.17) is 0 Å². The topological polar surface area (TPSA) is 12.9 Å². The molecule has 0 atom stereocenters. The van der Waals surface area contributed by atoms with Crippen LogP contribution in [0.1, 0.15) is 12.0 Å². The Labute approximate surface area is 67.8 Å². The van der Waals surface area contributed by atoms with Gasteiger partial charge in [0.25, 0.3) is 0 Å². The lowest BCUT2D eigenvalue weighted by atomic mass is 10.1. The van der Waals surface area contributed by atoms with Gasteiger partial charge in [-0.15, -0.1) is 6.58 Å². The maximum Gasteiger partial charge on any atom is 0.0270 e. The van der Waals surface area contributed by atoms with Crippen molar-refractivity contribution < 1.29 is 0 Å². The lowest BCUT2D eigenvalue weighted by Gasteiger charge is -1.96. The summed E-state index contributed by atoms with van der Waals surface area (Å²) in [6.07, 6.45) is 9.72. The average molecular weight is 146 g/mol. The summed E-state index contributed by atoms with van der Waals surface area (Å²) in [6.45, 7) is 3.65. The highest BCUT2D eigenvalue weighted by Crippen LogP contribution is 2.01. The number of hydrogen-bond donors (Lipinski definition) is 0. The first-order valence-electron chi connectivity index (χ1n) is 3.75. The predicted octanol–water partition coefficient (Wildman–Crippen LogP) is 2.40. The number of unbranched alkanes of at least 4 members (excludes halogenated alkanes) is 1. The largest absolute Gasteiger partial charge is 0.265 e. The van der Waals surface area contributed by atoms with Crippen LogP contribution in [-0.4, -0.2) is 4.98 Å². The van der Waals surface area contributed by atoms with Crippen LogP contribution in [-0.2, 0) is 6.42 Å². The average Bonchev–Trinajstić information content (AvgIpc) is 2.07. The van der Waals surface area contributed by atoms with Gasteiger partial charge in [-0.05, 0) is 37.0 Å². The Bertz CT molecular complexity index is 203. The van der Waals surface area contributed by atoms with Crippen molar-refractivity contribution in [1.82, 2.24) is 4.98 Å². The highest BCUT2D eigenvalue weighted by atomic mass is 14.6. The maximum absolute atomic E-state index is 3.94. The fourth-order valence-corrected chi connectivity index (χ4v) is 0.887. The first-order chi connectivity index (χ1) is 5.43. The van der Waals surface area contributed by atoms with Crippen molar-refractivity contribution in [1.29, 1.82) is 0 Å². The molecule has 0 fully saturated rings. The minimum atomic E-state index is 0.975. The number of rotatable bonds is 4. The number of aromatic nitrogens is 1. The van der Waals surface area contributed by atoms with E-state index in [-0.39, 0.29) is 0 Å². The van der Waals surface area contributed by atoms with Crippen molar-refractivity contribution >= 4 is 0 Å². The van der Waals surface area contributed by atoms with Crippen molar-refractivity contribution in [2.45, 2.75) is 12.8 Å². The predicted molar refractivity (Wildman–Crippen MR) is 47.1 cm³/mol. The Balaban J connectivity index is 2.33. The van der Waals surface area contributed by atoms with Gasteiger partial charge in [0, 0.05) is 12.4 Å². The van der Waals surface area contributed by atoms with Crippen LogP contribution in [0.5, 0.6) is 0 Å². The molecule has 0 aliphatic rings. The van der Waals surface area contributed by atoms with E-state index in [0.717, 1.165) is 12.8 Å². The molecule has 11 heavy (non-hydrogen) atoms. The van der Waals surface area contributed by atoms with E-state index >= 15 is 0 Å². The van der Waals surface area contributed by atoms with Crippen molar-refractivity contribution in [3.8, 4) is 0 Å². The number of pyridine rings is 1. The van der Waals surface area contributed by atoms with Crippen molar-refractivity contribution in [3.63, 3.8) is 0 Å². The van der Waals surface area contributed by atoms with Gasteiger partial charge in [-0.2, -0.15) is 0 Å². The summed E-state index contributed by atoms with van der Waals surface area (Å²) in [5, 5.41) is 0. The van der Waals surface area contributed by atoms with E-state index < -0.39 is 0 Å². The van der Waals surface area contributed by atoms with Crippen LogP contribution in [0.3, 0.4) is 0 Å². The lowest BCUT2D eigenvalue weighted by Crippen LogP contribution is -1.84. The van der Waals surface area contributed by atoms with Gasteiger partial charge in [0.15, 0.2) is 0 Å². The minimum Gasteiger partial charge on any atom is -0.265 e. The molecule has 1 nitrogen and oxygen atoms in total. The summed E-state index contributed by atoms with van der Waals surface area (Å²) in [5.74, 6) is 0. The van der Waals surface area contributed by atoms with Crippen molar-refractivity contribution in [3.05, 3.63) is 49.2 Å². The third-order valence-corrected chi connectivity index (χ3v) is 1.46. The molecule has 0 aliphatic carbocycles. The SMILES string of the molecule is C=CC[CH]Cc1ccncc1. The van der Waals surface area contributed by atoms with E-state index in [1.807, 2.05) is 30.6 Å². The second kappa shape index (κ2) is 4.67. The van der Waals surface area contributed by atoms with Crippen LogP contribution in [0.2, 0.25) is 0 Å². The Hall–Kier alpha value is -1.11. The molecule has 0 aliphatic heterocycles. The first kappa shape index (κ1) is 7.99. The van der Waals surface area contributed by atoms with Crippen LogP contribution < -0.4 is 0 Å². The lowest BCUT2D eigenvalue weighted by molar-refractivity contribution is 1.05. The zero-order valence-electron chi connectivity index (χ0n) is 6.53. The molecular formula is C10H12N. The zero-order chi connectivity index (χ0) is 7.94. The summed E-state index contributed by atoms with van der Waals surface area (Å²) in [5.41, 5.74) is 1.31. The monoisotopic (exact) mass is 146 g/mol. The molecule has 0 aromatic carbocycles. The number of nitrogens with zero attached hydrogens (tertiary/aromatic N) is 1. The highest BCUT2D eigenvalue weighted by Gasteiger charge is 1.89. The molecule has 1 heteroatoms. The molecule has 1 aromatic rings. The molecule has 0 saturated carbocycles. The van der Waals surface area contributed by atoms with Crippen LogP contribution in [0.25, 0.3) is 0 Å². The van der Waals surface area contributed by atoms with Gasteiger partial charge >= 0.3 is 0 Å². The van der Waals surface area contributed by atoms with Gasteiger partial charge in [-0.1, -0.05) is 6.08 Å². The third-order valence-electron chi connectivity index (χ3n) is 1.46. The smallest absolute Gasteiger partial charge is 0.0270 e. The highest BCUT2D eigenvalue weighted by molar-refractivity contribution is 5.12. The fourth-order valence-electron chi connectivity index (χ4n) is 0.887. The Morgan fingerprint density at radius 1 is 1.36 bits per heavy atom. The van der Waals surface area contributed by atoms with Gasteiger partial charge in [-0.25, -0.2) is 0 Å². The molecule has 1 heterocycles. The summed E-state index contributed by atoms with van der Waals surface area (Å²) in [4.78, 5) is 3.94. The Morgan fingerprint density at radius 3 is 2.73 bits per heavy atom. The van der Waals surface area contributed by atoms with Gasteiger partial charge in [0.1, 0.15) is 0 Å². The van der Waals surface area contributed by atoms with Crippen LogP contribution in [0.15, 0.2) is 37.2 Å². The third kappa shape index (κ3) is 2.99. The molecule has 0 bridgehead atoms. The van der Waals surface area contributed by atoms with Gasteiger partial charge in [-0.3, -0.25) is 4.98 Å². The minimum absolute atomic E-state index is 0.975. The Morgan fingerprint density at radius 2 is 2.09 bits per heavy atom. The normalized spacial score (nSPS) is 9.45. The molecule has 0 amide bonds. The fraction of sp³-hybridized carbons (Fsp3) is 0.200. The molecular weight excluding hydrogens is 134 g/mol. The summed E-state index contributed by atoms with van der Waals surface area (Å²) in [7, 11) is 0. The van der Waals surface area contributed by atoms with Crippen molar-refractivity contribution in [2.75, 3.05) is 0 Å². The molecule has 1 rings (SSSR count). The number of hydrogen-bond acceptors (Lipinski definition) is 1. The van der Waals surface area contributed by atoms with Crippen molar-refractivity contribution in [2.24, 2.45) is 0 Å². The molecule has 0 unspecified atom stereocenters. The van der Waals surface area contributed by atoms with E-state index in [0.29, 0.717) is 0 Å². The van der Waals surface area contributed by atoms with Crippen LogP contribution in [0, 0.1) is 6.42 Å². The quantitative estimate of drug-likeness (QED) is 0.469. The molecule has 1 aromatic heterocycles. The molecule has 0 saturated heterocycles. The molecule has 0 spiro atoms. The number of allylic oxidation sites excluding steroid dienone is 1. The first-order valence-corrected chi connectivity index (χ1v) is 3.75. The second-order valence-electron chi connectivity index (χ2n) is 2.37. The van der Waals surface area contributed by atoms with E-state index in [1.54, 1.807) is 0 Å². The summed E-state index contributed by atoms with van der Waals surface area (Å²) >= 11 is 0. The van der Waals surface area contributed by atoms with Crippen LogP contribution in [0.4, 0.5) is 0 Å². The summed E-state index contributed by atoms with van der Waals surface area (Å²) < 4.78 is 0. The van der Waals surface area contributed by atoms with E-state index in [1.165, 1.54) is 5.56 Å². The molecule has 57 valence electrons. The van der Waals surface area contributed by atoms with E-state index in [2.05, 4.69) is 18.0 Å². The maximum atomic E-state index is 3.94. The zero-order valence-corrected chi connectivity index (χ0v) is 6.53. The molecule has 0 N–H and O–H groups in total. The van der Waals surface area contributed by atoms with Gasteiger partial charge in [0.2, 0.25) is 0 Å². The van der Waals surface area contributed by atoms with Crippen LogP contribution >= 0.6 is 0 Å². The summed E-state index contributed by atoms with van der Waals surface area (Å²) in [6, 6.07) is 4.05. The Kier molecular flexibility index (Phi) is 3.39. The van der Waals surface area contributed by atoms with Gasteiger partial charge in [0.05, 0.1) is 0 Å². The van der Waals surface area contributed by atoms with E-state index in [9.17, 15) is 0 Å². The molecule has 1 radical (unpaired) electrons. The van der Waals surface area contributed by atoms with Gasteiger partial charge < -0.3 is 0 Å². The second-order valence-corrected chi connectivity index (χ2v) is 2.37. The standard InChI is InChI=1S/C10H12N/c1-2-3-4-5-10-6-8-11-9-7-10/h2,4,6-9H,1,3,5H2.